The maximum absolute atomic E-state index is 12.9. The van der Waals surface area contributed by atoms with Gasteiger partial charge in [-0.05, 0) is 42.2 Å². The van der Waals surface area contributed by atoms with Gasteiger partial charge in [0.2, 0.25) is 0 Å². The average Bonchev–Trinajstić information content (AvgIpc) is 3.27. The van der Waals surface area contributed by atoms with Crippen LogP contribution in [-0.2, 0) is 17.8 Å². The molecule has 0 saturated carbocycles. The van der Waals surface area contributed by atoms with Crippen molar-refractivity contribution in [2.24, 2.45) is 0 Å². The van der Waals surface area contributed by atoms with Crippen molar-refractivity contribution in [1.29, 1.82) is 0 Å². The number of nitrogens with one attached hydrogen (secondary N) is 1. The molecule has 1 aromatic heterocycles. The van der Waals surface area contributed by atoms with E-state index in [9.17, 15) is 4.79 Å². The van der Waals surface area contributed by atoms with Crippen molar-refractivity contribution in [3.8, 4) is 0 Å². The maximum atomic E-state index is 12.9. The van der Waals surface area contributed by atoms with Crippen molar-refractivity contribution in [2.45, 2.75) is 31.8 Å². The second-order valence-electron chi connectivity index (χ2n) is 8.74. The minimum absolute atomic E-state index is 0.0192. The molecule has 2 aromatic carbocycles. The predicted octanol–water partition coefficient (Wildman–Crippen LogP) is 4.87. The van der Waals surface area contributed by atoms with Gasteiger partial charge in [0.15, 0.2) is 0 Å². The molecule has 2 amide bonds. The quantitative estimate of drug-likeness (QED) is 0.561. The number of halogens is 1. The molecule has 174 valence electrons. The number of urea groups is 1. The van der Waals surface area contributed by atoms with Crippen molar-refractivity contribution in [3.63, 3.8) is 0 Å². The summed E-state index contributed by atoms with van der Waals surface area (Å²) in [5.74, 6) is 0.402. The Morgan fingerprint density at radius 1 is 1.09 bits per heavy atom. The van der Waals surface area contributed by atoms with Crippen LogP contribution >= 0.6 is 22.9 Å². The normalized spacial score (nSPS) is 18.0. The van der Waals surface area contributed by atoms with E-state index in [-0.39, 0.29) is 6.03 Å². The van der Waals surface area contributed by atoms with Crippen LogP contribution in [0.25, 0.3) is 10.2 Å². The number of morpholine rings is 1. The fourth-order valence-electron chi connectivity index (χ4n) is 4.59. The van der Waals surface area contributed by atoms with Crippen LogP contribution in [0.2, 0.25) is 5.02 Å². The van der Waals surface area contributed by atoms with Gasteiger partial charge < -0.3 is 15.0 Å². The number of benzene rings is 2. The van der Waals surface area contributed by atoms with Gasteiger partial charge >= 0.3 is 6.03 Å². The third-order valence-corrected chi connectivity index (χ3v) is 7.98. The van der Waals surface area contributed by atoms with Crippen LogP contribution in [0.1, 0.15) is 34.9 Å². The van der Waals surface area contributed by atoms with Crippen LogP contribution in [0.3, 0.4) is 0 Å². The molecule has 0 bridgehead atoms. The monoisotopic (exact) mass is 484 g/mol. The molecule has 0 atom stereocenters. The van der Waals surface area contributed by atoms with Crippen LogP contribution < -0.4 is 5.32 Å². The first kappa shape index (κ1) is 22.6. The summed E-state index contributed by atoms with van der Waals surface area (Å²) >= 11 is 7.85. The first-order valence-corrected chi connectivity index (χ1v) is 12.8. The van der Waals surface area contributed by atoms with E-state index in [2.05, 4.69) is 28.4 Å². The Labute approximate surface area is 203 Å². The third-order valence-electron chi connectivity index (χ3n) is 6.54. The van der Waals surface area contributed by atoms with Crippen molar-refractivity contribution in [2.75, 3.05) is 39.4 Å². The Morgan fingerprint density at radius 2 is 1.85 bits per heavy atom. The summed E-state index contributed by atoms with van der Waals surface area (Å²) in [5.41, 5.74) is 3.42. The molecule has 3 aromatic rings. The number of ether oxygens (including phenoxy) is 1. The summed E-state index contributed by atoms with van der Waals surface area (Å²) < 4.78 is 6.63. The number of carbonyl (C=O) groups is 1. The standard InChI is InChI=1S/C25H29ClN4O2S/c26-21-5-6-23-22(15-21)28-24(33-23)18-7-9-30(10-8-18)25(31)27-16-19-3-1-2-4-20(19)17-29-11-13-32-14-12-29/h1-6,15,18H,7-14,16-17H2,(H,27,31). The summed E-state index contributed by atoms with van der Waals surface area (Å²) in [6.07, 6.45) is 1.88. The molecular formula is C25H29ClN4O2S. The van der Waals surface area contributed by atoms with Gasteiger partial charge in [0.25, 0.3) is 0 Å². The molecule has 2 aliphatic heterocycles. The molecule has 2 saturated heterocycles. The van der Waals surface area contributed by atoms with Crippen LogP contribution in [-0.4, -0.2) is 60.2 Å². The Hall–Kier alpha value is -2.19. The number of carbonyl (C=O) groups excluding carboxylic acids is 1. The van der Waals surface area contributed by atoms with Crippen LogP contribution in [0.5, 0.6) is 0 Å². The van der Waals surface area contributed by atoms with Crippen molar-refractivity contribution in [3.05, 3.63) is 63.6 Å². The zero-order chi connectivity index (χ0) is 22.6. The SMILES string of the molecule is O=C(NCc1ccccc1CN1CCOCC1)N1CCC(c2nc3cc(Cl)ccc3s2)CC1. The minimum atomic E-state index is 0.0192. The zero-order valence-corrected chi connectivity index (χ0v) is 20.2. The summed E-state index contributed by atoms with van der Waals surface area (Å²) in [4.78, 5) is 22.0. The Morgan fingerprint density at radius 3 is 2.64 bits per heavy atom. The molecule has 5 rings (SSSR count). The van der Waals surface area contributed by atoms with Crippen molar-refractivity contribution in [1.82, 2.24) is 20.1 Å². The minimum Gasteiger partial charge on any atom is -0.379 e. The molecule has 1 N–H and O–H groups in total. The lowest BCUT2D eigenvalue weighted by atomic mass is 9.98. The van der Waals surface area contributed by atoms with Gasteiger partial charge in [-0.3, -0.25) is 4.90 Å². The summed E-state index contributed by atoms with van der Waals surface area (Å²) in [6.45, 7) is 6.45. The number of rotatable bonds is 5. The highest BCUT2D eigenvalue weighted by Crippen LogP contribution is 2.34. The fraction of sp³-hybridized carbons (Fsp3) is 0.440. The second kappa shape index (κ2) is 10.4. The Kier molecular flexibility index (Phi) is 7.11. The van der Waals surface area contributed by atoms with Gasteiger partial charge in [0.05, 0.1) is 28.4 Å². The number of piperidine rings is 1. The fourth-order valence-corrected chi connectivity index (χ4v) is 5.87. The molecule has 0 aliphatic carbocycles. The summed E-state index contributed by atoms with van der Waals surface area (Å²) in [6, 6.07) is 14.3. The largest absolute Gasteiger partial charge is 0.379 e. The van der Waals surface area contributed by atoms with E-state index in [0.717, 1.165) is 74.3 Å². The Bertz CT molecular complexity index is 1110. The topological polar surface area (TPSA) is 57.7 Å². The molecule has 0 spiro atoms. The second-order valence-corrected chi connectivity index (χ2v) is 10.2. The average molecular weight is 485 g/mol. The number of fused-ring (bicyclic) bond motifs is 1. The zero-order valence-electron chi connectivity index (χ0n) is 18.6. The molecule has 33 heavy (non-hydrogen) atoms. The van der Waals surface area contributed by atoms with E-state index in [4.69, 9.17) is 21.3 Å². The molecule has 8 heteroatoms. The highest BCUT2D eigenvalue weighted by molar-refractivity contribution is 7.18. The molecule has 6 nitrogen and oxygen atoms in total. The van der Waals surface area contributed by atoms with Crippen molar-refractivity contribution < 1.29 is 9.53 Å². The number of likely N-dealkylation sites (tertiary alicyclic amines) is 1. The lowest BCUT2D eigenvalue weighted by Crippen LogP contribution is -2.44. The van der Waals surface area contributed by atoms with E-state index in [1.54, 1.807) is 11.3 Å². The Balaban J connectivity index is 1.14. The van der Waals surface area contributed by atoms with Gasteiger partial charge in [-0.2, -0.15) is 0 Å². The van der Waals surface area contributed by atoms with Gasteiger partial charge in [-0.1, -0.05) is 35.9 Å². The molecule has 0 unspecified atom stereocenters. The van der Waals surface area contributed by atoms with Gasteiger partial charge in [0.1, 0.15) is 0 Å². The van der Waals surface area contributed by atoms with E-state index >= 15 is 0 Å². The highest BCUT2D eigenvalue weighted by atomic mass is 35.5. The molecule has 2 aliphatic rings. The molecule has 2 fully saturated rings. The number of hydrogen-bond acceptors (Lipinski definition) is 5. The molecule has 0 radical (unpaired) electrons. The number of aromatic nitrogens is 1. The third kappa shape index (κ3) is 5.49. The van der Waals surface area contributed by atoms with Gasteiger partial charge in [0, 0.05) is 50.2 Å². The first-order valence-electron chi connectivity index (χ1n) is 11.6. The summed E-state index contributed by atoms with van der Waals surface area (Å²) in [5, 5.41) is 5.02. The van der Waals surface area contributed by atoms with Crippen molar-refractivity contribution >= 4 is 39.2 Å². The summed E-state index contributed by atoms with van der Waals surface area (Å²) in [7, 11) is 0. The number of hydrogen-bond donors (Lipinski definition) is 1. The molecular weight excluding hydrogens is 456 g/mol. The van der Waals surface area contributed by atoms with E-state index in [1.807, 2.05) is 29.2 Å². The maximum Gasteiger partial charge on any atom is 0.317 e. The van der Waals surface area contributed by atoms with Gasteiger partial charge in [-0.15, -0.1) is 11.3 Å². The van der Waals surface area contributed by atoms with E-state index < -0.39 is 0 Å². The van der Waals surface area contributed by atoms with Crippen LogP contribution in [0, 0.1) is 0 Å². The highest BCUT2D eigenvalue weighted by Gasteiger charge is 2.26. The smallest absolute Gasteiger partial charge is 0.317 e. The van der Waals surface area contributed by atoms with Gasteiger partial charge in [-0.25, -0.2) is 9.78 Å². The van der Waals surface area contributed by atoms with E-state index in [0.29, 0.717) is 12.5 Å². The number of amides is 2. The lowest BCUT2D eigenvalue weighted by Gasteiger charge is -2.31. The number of thiazole rings is 1. The number of nitrogens with zero attached hydrogens (tertiary/aromatic N) is 3. The van der Waals surface area contributed by atoms with E-state index in [1.165, 1.54) is 15.8 Å². The molecule has 3 heterocycles. The van der Waals surface area contributed by atoms with Crippen LogP contribution in [0.15, 0.2) is 42.5 Å². The lowest BCUT2D eigenvalue weighted by molar-refractivity contribution is 0.0340. The first-order chi connectivity index (χ1) is 16.2. The van der Waals surface area contributed by atoms with Crippen LogP contribution in [0.4, 0.5) is 4.79 Å². The predicted molar refractivity (Wildman–Crippen MR) is 133 cm³/mol.